The average molecular weight is 564 g/mol. The maximum Gasteiger partial charge on any atom is 0.416 e. The summed E-state index contributed by atoms with van der Waals surface area (Å²) in [5.74, 6) is -0.373. The first-order valence-electron chi connectivity index (χ1n) is 13.2. The number of hydrogen-bond donors (Lipinski definition) is 3. The zero-order valence-electron chi connectivity index (χ0n) is 22.0. The van der Waals surface area contributed by atoms with E-state index in [0.717, 1.165) is 38.1 Å². The van der Waals surface area contributed by atoms with Crippen molar-refractivity contribution in [2.24, 2.45) is 0 Å². The molecule has 41 heavy (non-hydrogen) atoms. The van der Waals surface area contributed by atoms with Gasteiger partial charge in [-0.15, -0.1) is 0 Å². The number of aromatic nitrogens is 2. The standard InChI is InChI=1S/C30H28F3N5O3/c31-30(32,33)21-12-10-19(11-13-21)22(20-17-34-29(35-18-20)38-14-2-1-3-15-38)6-4-9-27(40)36-24-7-5-8-25-23(24)16-26(39)28(41)37-25/h4-13,17-18,26,39H,1-3,14-16H2,(H,36,40)(H,37,41)/b9-4+,22-6+. The third-order valence-corrected chi connectivity index (χ3v) is 7.01. The van der Waals surface area contributed by atoms with E-state index in [1.807, 2.05) is 0 Å². The summed E-state index contributed by atoms with van der Waals surface area (Å²) in [6.07, 6.45) is 5.33. The van der Waals surface area contributed by atoms with Crippen LogP contribution in [0.1, 0.15) is 41.5 Å². The highest BCUT2D eigenvalue weighted by Crippen LogP contribution is 2.32. The van der Waals surface area contributed by atoms with Gasteiger partial charge in [0.15, 0.2) is 0 Å². The molecule has 2 aromatic carbocycles. The molecule has 0 saturated carbocycles. The minimum Gasteiger partial charge on any atom is -0.383 e. The van der Waals surface area contributed by atoms with E-state index in [0.29, 0.717) is 39.6 Å². The molecule has 3 aromatic rings. The summed E-state index contributed by atoms with van der Waals surface area (Å²) in [6, 6.07) is 9.78. The van der Waals surface area contributed by atoms with E-state index in [4.69, 9.17) is 0 Å². The molecular weight excluding hydrogens is 535 g/mol. The number of amides is 2. The van der Waals surface area contributed by atoms with Crippen LogP contribution < -0.4 is 15.5 Å². The van der Waals surface area contributed by atoms with Crippen LogP contribution >= 0.6 is 0 Å². The monoisotopic (exact) mass is 563 g/mol. The van der Waals surface area contributed by atoms with Crippen molar-refractivity contribution >= 4 is 34.7 Å². The minimum absolute atomic E-state index is 0.0622. The van der Waals surface area contributed by atoms with E-state index in [-0.39, 0.29) is 6.42 Å². The Labute approximate surface area is 234 Å². The summed E-state index contributed by atoms with van der Waals surface area (Å²) in [6.45, 7) is 1.74. The minimum atomic E-state index is -4.46. The van der Waals surface area contributed by atoms with Crippen molar-refractivity contribution in [2.75, 3.05) is 28.6 Å². The van der Waals surface area contributed by atoms with Crippen LogP contribution in [0.5, 0.6) is 0 Å². The Morgan fingerprint density at radius 1 is 1.02 bits per heavy atom. The van der Waals surface area contributed by atoms with Crippen molar-refractivity contribution in [3.05, 3.63) is 95.3 Å². The summed E-state index contributed by atoms with van der Waals surface area (Å²) in [5, 5.41) is 15.3. The summed E-state index contributed by atoms with van der Waals surface area (Å²) >= 11 is 0. The van der Waals surface area contributed by atoms with Gasteiger partial charge in [-0.1, -0.05) is 30.4 Å². The fourth-order valence-corrected chi connectivity index (χ4v) is 4.86. The van der Waals surface area contributed by atoms with Crippen molar-refractivity contribution in [3.63, 3.8) is 0 Å². The first-order valence-corrected chi connectivity index (χ1v) is 13.2. The molecule has 0 bridgehead atoms. The highest BCUT2D eigenvalue weighted by molar-refractivity contribution is 6.03. The van der Waals surface area contributed by atoms with Crippen LogP contribution in [0.15, 0.2) is 73.1 Å². The number of alkyl halides is 3. The number of halogens is 3. The number of benzene rings is 2. The Balaban J connectivity index is 1.39. The van der Waals surface area contributed by atoms with E-state index >= 15 is 0 Å². The fraction of sp³-hybridized carbons (Fsp3) is 0.267. The summed E-state index contributed by atoms with van der Waals surface area (Å²) < 4.78 is 39.5. The normalized spacial score (nSPS) is 17.8. The smallest absolute Gasteiger partial charge is 0.383 e. The topological polar surface area (TPSA) is 107 Å². The Morgan fingerprint density at radius 3 is 2.41 bits per heavy atom. The van der Waals surface area contributed by atoms with Crippen LogP contribution in [0.3, 0.4) is 0 Å². The number of nitrogens with zero attached hydrogens (tertiary/aromatic N) is 3. The van der Waals surface area contributed by atoms with Crippen molar-refractivity contribution < 1.29 is 27.9 Å². The predicted octanol–water partition coefficient (Wildman–Crippen LogP) is 4.97. The SMILES string of the molecule is O=C(/C=C/C=C(\c1ccc(C(F)(F)F)cc1)c1cnc(N2CCCCC2)nc1)Nc1cccc2c1CC(O)C(=O)N2. The molecule has 5 rings (SSSR count). The Hall–Kier alpha value is -4.51. The van der Waals surface area contributed by atoms with Gasteiger partial charge in [0.2, 0.25) is 11.9 Å². The van der Waals surface area contributed by atoms with Gasteiger partial charge in [-0.25, -0.2) is 9.97 Å². The van der Waals surface area contributed by atoms with Gasteiger partial charge < -0.3 is 20.6 Å². The molecule has 0 spiro atoms. The molecule has 1 aromatic heterocycles. The number of rotatable bonds is 6. The number of nitrogens with one attached hydrogen (secondary N) is 2. The fourth-order valence-electron chi connectivity index (χ4n) is 4.86. The number of allylic oxidation sites excluding steroid dienone is 2. The maximum absolute atomic E-state index is 13.2. The molecule has 3 heterocycles. The van der Waals surface area contributed by atoms with Crippen LogP contribution in [0, 0.1) is 0 Å². The van der Waals surface area contributed by atoms with Gasteiger partial charge in [-0.05, 0) is 54.7 Å². The number of hydrogen-bond acceptors (Lipinski definition) is 6. The maximum atomic E-state index is 13.2. The van der Waals surface area contributed by atoms with Crippen molar-refractivity contribution in [1.29, 1.82) is 0 Å². The average Bonchev–Trinajstić information content (AvgIpc) is 2.97. The first kappa shape index (κ1) is 28.0. The molecule has 212 valence electrons. The lowest BCUT2D eigenvalue weighted by Gasteiger charge is -2.26. The number of aliphatic hydroxyl groups is 1. The number of aliphatic hydroxyl groups excluding tert-OH is 1. The van der Waals surface area contributed by atoms with E-state index in [2.05, 4.69) is 25.5 Å². The van der Waals surface area contributed by atoms with Crippen molar-refractivity contribution in [1.82, 2.24) is 9.97 Å². The lowest BCUT2D eigenvalue weighted by molar-refractivity contribution is -0.137. The Bertz CT molecular complexity index is 1480. The molecule has 11 heteroatoms. The van der Waals surface area contributed by atoms with E-state index in [1.165, 1.54) is 30.7 Å². The number of fused-ring (bicyclic) bond motifs is 1. The van der Waals surface area contributed by atoms with Crippen LogP contribution in [0.2, 0.25) is 0 Å². The number of piperidine rings is 1. The van der Waals surface area contributed by atoms with Gasteiger partial charge in [0.05, 0.1) is 5.56 Å². The second-order valence-corrected chi connectivity index (χ2v) is 9.86. The van der Waals surface area contributed by atoms with Gasteiger partial charge in [0.25, 0.3) is 5.91 Å². The van der Waals surface area contributed by atoms with E-state index < -0.39 is 29.7 Å². The van der Waals surface area contributed by atoms with Gasteiger partial charge in [-0.2, -0.15) is 13.2 Å². The zero-order chi connectivity index (χ0) is 29.0. The molecular formula is C30H28F3N5O3. The third kappa shape index (κ3) is 6.63. The molecule has 0 aliphatic carbocycles. The molecule has 2 aliphatic heterocycles. The quantitative estimate of drug-likeness (QED) is 0.289. The lowest BCUT2D eigenvalue weighted by Crippen LogP contribution is -2.34. The highest BCUT2D eigenvalue weighted by Gasteiger charge is 2.30. The lowest BCUT2D eigenvalue weighted by atomic mass is 9.98. The molecule has 1 fully saturated rings. The molecule has 1 saturated heterocycles. The summed E-state index contributed by atoms with van der Waals surface area (Å²) in [7, 11) is 0. The number of carbonyl (C=O) groups excluding carboxylic acids is 2. The Morgan fingerprint density at radius 2 is 1.73 bits per heavy atom. The largest absolute Gasteiger partial charge is 0.416 e. The van der Waals surface area contributed by atoms with E-state index in [9.17, 15) is 27.9 Å². The van der Waals surface area contributed by atoms with Crippen LogP contribution in [0.25, 0.3) is 5.57 Å². The van der Waals surface area contributed by atoms with Gasteiger partial charge in [0.1, 0.15) is 6.10 Å². The molecule has 2 aliphatic rings. The predicted molar refractivity (Wildman–Crippen MR) is 149 cm³/mol. The van der Waals surface area contributed by atoms with Crippen molar-refractivity contribution in [2.45, 2.75) is 38.0 Å². The second kappa shape index (κ2) is 11.9. The van der Waals surface area contributed by atoms with Gasteiger partial charge in [-0.3, -0.25) is 9.59 Å². The third-order valence-electron chi connectivity index (χ3n) is 7.01. The zero-order valence-corrected chi connectivity index (χ0v) is 22.0. The molecule has 1 unspecified atom stereocenters. The molecule has 3 N–H and O–H groups in total. The molecule has 0 radical (unpaired) electrons. The van der Waals surface area contributed by atoms with Gasteiger partial charge >= 0.3 is 6.18 Å². The summed E-state index contributed by atoms with van der Waals surface area (Å²) in [5.41, 5.74) is 2.42. The van der Waals surface area contributed by atoms with Crippen LogP contribution in [-0.4, -0.2) is 46.1 Å². The first-order chi connectivity index (χ1) is 19.7. The molecule has 8 nitrogen and oxygen atoms in total. The highest BCUT2D eigenvalue weighted by atomic mass is 19.4. The summed E-state index contributed by atoms with van der Waals surface area (Å²) in [4.78, 5) is 35.6. The molecule has 2 amide bonds. The molecule has 1 atom stereocenters. The number of carbonyl (C=O) groups is 2. The van der Waals surface area contributed by atoms with Crippen molar-refractivity contribution in [3.8, 4) is 0 Å². The van der Waals surface area contributed by atoms with E-state index in [1.54, 1.807) is 36.7 Å². The Kier molecular flexibility index (Phi) is 8.16. The number of anilines is 3. The second-order valence-electron chi connectivity index (χ2n) is 9.86. The van der Waals surface area contributed by atoms with Crippen LogP contribution in [0.4, 0.5) is 30.5 Å². The van der Waals surface area contributed by atoms with Gasteiger partial charge in [0, 0.05) is 60.5 Å². The van der Waals surface area contributed by atoms with Crippen LogP contribution in [-0.2, 0) is 22.2 Å².